The van der Waals surface area contributed by atoms with Gasteiger partial charge in [-0.05, 0) is 6.42 Å². The van der Waals surface area contributed by atoms with Crippen LogP contribution in [0.1, 0.15) is 13.3 Å². The Morgan fingerprint density at radius 3 is 2.67 bits per heavy atom. The summed E-state index contributed by atoms with van der Waals surface area (Å²) < 4.78 is 9.43. The number of carbonyl (C=O) groups is 1. The molecule has 0 fully saturated rings. The van der Waals surface area contributed by atoms with Gasteiger partial charge in [-0.2, -0.15) is 0 Å². The molecule has 0 unspecified atom stereocenters. The molecule has 4 heteroatoms. The fourth-order valence-corrected chi connectivity index (χ4v) is 0.521. The molecule has 12 heavy (non-hydrogen) atoms. The van der Waals surface area contributed by atoms with E-state index in [1.165, 1.54) is 6.08 Å². The van der Waals surface area contributed by atoms with E-state index >= 15 is 0 Å². The van der Waals surface area contributed by atoms with E-state index in [-0.39, 0.29) is 6.61 Å². The molecule has 0 aliphatic heterocycles. The van der Waals surface area contributed by atoms with Crippen LogP contribution in [-0.4, -0.2) is 26.3 Å². The molecule has 70 valence electrons. The highest BCUT2D eigenvalue weighted by Crippen LogP contribution is 1.91. The van der Waals surface area contributed by atoms with E-state index in [0.29, 0.717) is 18.7 Å². The summed E-state index contributed by atoms with van der Waals surface area (Å²) in [6.45, 7) is 2.54. The van der Waals surface area contributed by atoms with Crippen LogP contribution >= 0.6 is 0 Å². The van der Waals surface area contributed by atoms with Crippen molar-refractivity contribution >= 4 is 5.97 Å². The number of nitrogens with two attached hydrogens (primary N) is 1. The van der Waals surface area contributed by atoms with Crippen molar-refractivity contribution in [2.75, 3.05) is 20.3 Å². The van der Waals surface area contributed by atoms with Gasteiger partial charge in [-0.15, -0.1) is 0 Å². The molecular formula is C8H15NO3. The lowest BCUT2D eigenvalue weighted by Gasteiger charge is -2.00. The molecule has 0 bridgehead atoms. The Morgan fingerprint density at radius 1 is 1.50 bits per heavy atom. The molecule has 0 spiro atoms. The van der Waals surface area contributed by atoms with Gasteiger partial charge in [-0.25, -0.2) is 4.79 Å². The third kappa shape index (κ3) is 5.73. The minimum absolute atomic E-state index is 0.267. The van der Waals surface area contributed by atoms with Crippen LogP contribution in [0, 0.1) is 0 Å². The van der Waals surface area contributed by atoms with E-state index in [1.807, 2.05) is 6.92 Å². The van der Waals surface area contributed by atoms with Crippen LogP contribution in [0.5, 0.6) is 0 Å². The largest absolute Gasteiger partial charge is 0.460 e. The lowest BCUT2D eigenvalue weighted by atomic mass is 10.3. The zero-order valence-corrected chi connectivity index (χ0v) is 7.50. The number of methoxy groups -OCH3 is 1. The van der Waals surface area contributed by atoms with Crippen molar-refractivity contribution < 1.29 is 14.3 Å². The summed E-state index contributed by atoms with van der Waals surface area (Å²) in [6.07, 6.45) is 1.94. The number of allylic oxidation sites excluding steroid dienone is 1. The van der Waals surface area contributed by atoms with Gasteiger partial charge in [0.2, 0.25) is 0 Å². The normalized spacial score (nSPS) is 11.3. The highest BCUT2D eigenvalue weighted by Gasteiger charge is 1.97. The standard InChI is InChI=1S/C8H15NO3/c1-3-7(9)6-8(10)12-5-4-11-2/h6H,3-5,9H2,1-2H3. The molecular weight excluding hydrogens is 158 g/mol. The topological polar surface area (TPSA) is 61.6 Å². The molecule has 0 saturated heterocycles. The first-order valence-electron chi connectivity index (χ1n) is 3.82. The highest BCUT2D eigenvalue weighted by atomic mass is 16.6. The predicted octanol–water partition coefficient (Wildman–Crippen LogP) is 0.429. The minimum Gasteiger partial charge on any atom is -0.460 e. The lowest BCUT2D eigenvalue weighted by molar-refractivity contribution is -0.139. The maximum absolute atomic E-state index is 10.9. The monoisotopic (exact) mass is 173 g/mol. The Balaban J connectivity index is 3.59. The van der Waals surface area contributed by atoms with Gasteiger partial charge in [-0.1, -0.05) is 6.92 Å². The summed E-state index contributed by atoms with van der Waals surface area (Å²) in [5, 5.41) is 0. The van der Waals surface area contributed by atoms with Gasteiger partial charge < -0.3 is 15.2 Å². The van der Waals surface area contributed by atoms with Gasteiger partial charge in [0.25, 0.3) is 0 Å². The summed E-state index contributed by atoms with van der Waals surface area (Å²) in [5.74, 6) is -0.411. The van der Waals surface area contributed by atoms with E-state index in [2.05, 4.69) is 0 Å². The quantitative estimate of drug-likeness (QED) is 0.372. The number of carbonyl (C=O) groups excluding carboxylic acids is 1. The fraction of sp³-hybridized carbons (Fsp3) is 0.625. The molecule has 0 amide bonds. The Morgan fingerprint density at radius 2 is 2.17 bits per heavy atom. The Kier molecular flexibility index (Phi) is 6.09. The maximum Gasteiger partial charge on any atom is 0.332 e. The molecule has 0 aromatic rings. The van der Waals surface area contributed by atoms with Gasteiger partial charge >= 0.3 is 5.97 Å². The molecule has 0 aliphatic rings. The van der Waals surface area contributed by atoms with Crippen LogP contribution in [0.4, 0.5) is 0 Å². The third-order valence-corrected chi connectivity index (χ3v) is 1.24. The zero-order valence-electron chi connectivity index (χ0n) is 7.50. The third-order valence-electron chi connectivity index (χ3n) is 1.24. The molecule has 0 rings (SSSR count). The van der Waals surface area contributed by atoms with Crippen LogP contribution in [0.15, 0.2) is 11.8 Å². The molecule has 0 saturated carbocycles. The average molecular weight is 173 g/mol. The summed E-state index contributed by atoms with van der Waals surface area (Å²) in [6, 6.07) is 0. The molecule has 0 atom stereocenters. The number of hydrogen-bond donors (Lipinski definition) is 1. The Hall–Kier alpha value is -1.03. The number of hydrogen-bond acceptors (Lipinski definition) is 4. The molecule has 4 nitrogen and oxygen atoms in total. The van der Waals surface area contributed by atoms with E-state index in [0.717, 1.165) is 0 Å². The fourth-order valence-electron chi connectivity index (χ4n) is 0.521. The Labute approximate surface area is 72.3 Å². The molecule has 0 aliphatic carbocycles. The second kappa shape index (κ2) is 6.67. The zero-order chi connectivity index (χ0) is 9.40. The summed E-state index contributed by atoms with van der Waals surface area (Å²) in [5.41, 5.74) is 5.93. The predicted molar refractivity (Wildman–Crippen MR) is 45.4 cm³/mol. The van der Waals surface area contributed by atoms with Crippen LogP contribution in [0.2, 0.25) is 0 Å². The minimum atomic E-state index is -0.411. The van der Waals surface area contributed by atoms with Crippen LogP contribution in [0.3, 0.4) is 0 Å². The van der Waals surface area contributed by atoms with E-state index < -0.39 is 5.97 Å². The first kappa shape index (κ1) is 11.0. The second-order valence-corrected chi connectivity index (χ2v) is 2.23. The van der Waals surface area contributed by atoms with Crippen molar-refractivity contribution in [3.8, 4) is 0 Å². The summed E-state index contributed by atoms with van der Waals surface area (Å²) in [7, 11) is 1.55. The van der Waals surface area contributed by atoms with Gasteiger partial charge in [0, 0.05) is 18.9 Å². The van der Waals surface area contributed by atoms with Crippen LogP contribution in [-0.2, 0) is 14.3 Å². The SMILES string of the molecule is CCC(N)=CC(=O)OCCOC. The summed E-state index contributed by atoms with van der Waals surface area (Å²) in [4.78, 5) is 10.9. The van der Waals surface area contributed by atoms with Crippen molar-refractivity contribution in [1.29, 1.82) is 0 Å². The highest BCUT2D eigenvalue weighted by molar-refractivity contribution is 5.82. The second-order valence-electron chi connectivity index (χ2n) is 2.23. The van der Waals surface area contributed by atoms with Gasteiger partial charge in [-0.3, -0.25) is 0 Å². The van der Waals surface area contributed by atoms with Crippen molar-refractivity contribution in [3.63, 3.8) is 0 Å². The first-order valence-corrected chi connectivity index (χ1v) is 3.82. The van der Waals surface area contributed by atoms with Crippen molar-refractivity contribution in [2.45, 2.75) is 13.3 Å². The smallest absolute Gasteiger partial charge is 0.332 e. The molecule has 0 radical (unpaired) electrons. The average Bonchev–Trinajstić information content (AvgIpc) is 2.05. The van der Waals surface area contributed by atoms with E-state index in [1.54, 1.807) is 7.11 Å². The lowest BCUT2D eigenvalue weighted by Crippen LogP contribution is -2.09. The Bertz CT molecular complexity index is 166. The molecule has 0 aromatic carbocycles. The van der Waals surface area contributed by atoms with Gasteiger partial charge in [0.05, 0.1) is 6.61 Å². The van der Waals surface area contributed by atoms with Gasteiger partial charge in [0.15, 0.2) is 0 Å². The molecule has 0 aromatic heterocycles. The number of ether oxygens (including phenoxy) is 2. The van der Waals surface area contributed by atoms with E-state index in [4.69, 9.17) is 15.2 Å². The first-order chi connectivity index (χ1) is 5.70. The molecule has 2 N–H and O–H groups in total. The molecule has 0 heterocycles. The van der Waals surface area contributed by atoms with Crippen LogP contribution < -0.4 is 5.73 Å². The van der Waals surface area contributed by atoms with Crippen LogP contribution in [0.25, 0.3) is 0 Å². The van der Waals surface area contributed by atoms with Gasteiger partial charge in [0.1, 0.15) is 6.61 Å². The van der Waals surface area contributed by atoms with Crippen molar-refractivity contribution in [2.24, 2.45) is 5.73 Å². The van der Waals surface area contributed by atoms with E-state index in [9.17, 15) is 4.79 Å². The van der Waals surface area contributed by atoms with Crippen molar-refractivity contribution in [3.05, 3.63) is 11.8 Å². The van der Waals surface area contributed by atoms with Crippen molar-refractivity contribution in [1.82, 2.24) is 0 Å². The number of rotatable bonds is 5. The summed E-state index contributed by atoms with van der Waals surface area (Å²) >= 11 is 0. The number of esters is 1. The maximum atomic E-state index is 10.9.